The normalized spacial score (nSPS) is 43.5. The predicted octanol–water partition coefficient (Wildman–Crippen LogP) is 4.81. The lowest BCUT2D eigenvalue weighted by Gasteiger charge is -2.60. The number of allylic oxidation sites excluding steroid dienone is 2. The van der Waals surface area contributed by atoms with Crippen LogP contribution in [0, 0.1) is 28.6 Å². The van der Waals surface area contributed by atoms with Gasteiger partial charge in [-0.3, -0.25) is 4.79 Å². The number of carbonyl (C=O) groups excluding carboxylic acids is 1. The predicted molar refractivity (Wildman–Crippen MR) is 119 cm³/mol. The largest absolute Gasteiger partial charge is 0.462 e. The van der Waals surface area contributed by atoms with E-state index in [4.69, 9.17) is 4.74 Å². The van der Waals surface area contributed by atoms with Crippen LogP contribution in [-0.4, -0.2) is 28.2 Å². The van der Waals surface area contributed by atoms with Crippen molar-refractivity contribution >= 4 is 5.78 Å². The summed E-state index contributed by atoms with van der Waals surface area (Å²) in [6.07, 6.45) is 5.35. The van der Waals surface area contributed by atoms with E-state index in [2.05, 4.69) is 13.8 Å². The number of aliphatic hydroxyl groups excluding tert-OH is 2. The molecule has 1 unspecified atom stereocenters. The van der Waals surface area contributed by atoms with E-state index >= 15 is 0 Å². The van der Waals surface area contributed by atoms with Gasteiger partial charge in [0.2, 0.25) is 0 Å². The number of para-hydroxylation sites is 1. The lowest BCUT2D eigenvalue weighted by Crippen LogP contribution is -2.62. The highest BCUT2D eigenvalue weighted by Crippen LogP contribution is 2.66. The highest BCUT2D eigenvalue weighted by molar-refractivity contribution is 5.91. The van der Waals surface area contributed by atoms with Crippen LogP contribution in [-0.2, 0) is 4.79 Å². The Morgan fingerprint density at radius 3 is 2.55 bits per heavy atom. The van der Waals surface area contributed by atoms with Crippen LogP contribution in [0.1, 0.15) is 59.3 Å². The lowest BCUT2D eigenvalue weighted by molar-refractivity contribution is -0.182. The number of benzene rings is 1. The van der Waals surface area contributed by atoms with E-state index in [-0.39, 0.29) is 17.1 Å². The van der Waals surface area contributed by atoms with Crippen molar-refractivity contribution in [2.45, 2.75) is 71.5 Å². The van der Waals surface area contributed by atoms with Gasteiger partial charge in [0.05, 0.1) is 12.2 Å². The minimum Gasteiger partial charge on any atom is -0.462 e. The summed E-state index contributed by atoms with van der Waals surface area (Å²) in [5, 5.41) is 23.1. The maximum atomic E-state index is 12.1. The smallest absolute Gasteiger partial charge is 0.155 e. The molecular formula is C27H34O4. The standard InChI is InChI=1S/C27H34O4/c1-16(31-19-7-5-4-6-8-19)21-11-12-22-20-10-9-17-15-18(28)13-14-26(17,2)23(20)24(29)25(30)27(21,22)3/h4-8,15,20,22-25,29-30H,9-14H2,1-3H3/t20-,22-,23+,24+,25?,26-,27+/m0/s1. The summed E-state index contributed by atoms with van der Waals surface area (Å²) in [6, 6.07) is 9.77. The summed E-state index contributed by atoms with van der Waals surface area (Å²) >= 11 is 0. The first kappa shape index (κ1) is 21.0. The van der Waals surface area contributed by atoms with Gasteiger partial charge in [-0.1, -0.05) is 37.6 Å². The molecule has 4 heteroatoms. The fourth-order valence-electron chi connectivity index (χ4n) is 7.75. The Morgan fingerprint density at radius 1 is 1.06 bits per heavy atom. The number of rotatable bonds is 2. The molecule has 0 saturated heterocycles. The van der Waals surface area contributed by atoms with Gasteiger partial charge in [-0.15, -0.1) is 0 Å². The lowest BCUT2D eigenvalue weighted by atomic mass is 9.45. The summed E-state index contributed by atoms with van der Waals surface area (Å²) < 4.78 is 6.19. The van der Waals surface area contributed by atoms with Gasteiger partial charge in [-0.2, -0.15) is 0 Å². The molecule has 0 bridgehead atoms. The Kier molecular flexibility index (Phi) is 4.95. The van der Waals surface area contributed by atoms with Crippen molar-refractivity contribution in [3.63, 3.8) is 0 Å². The van der Waals surface area contributed by atoms with Crippen molar-refractivity contribution in [1.82, 2.24) is 0 Å². The molecule has 0 radical (unpaired) electrons. The number of hydrogen-bond donors (Lipinski definition) is 2. The third-order valence-corrected chi connectivity index (χ3v) is 9.29. The number of aliphatic hydroxyl groups is 2. The second-order valence-electron chi connectivity index (χ2n) is 10.6. The minimum atomic E-state index is -0.834. The molecule has 0 aliphatic heterocycles. The number of ketones is 1. The molecule has 2 N–H and O–H groups in total. The summed E-state index contributed by atoms with van der Waals surface area (Å²) in [5.74, 6) is 2.53. The van der Waals surface area contributed by atoms with Crippen LogP contribution in [0.4, 0.5) is 0 Å². The Morgan fingerprint density at radius 2 is 1.81 bits per heavy atom. The zero-order valence-electron chi connectivity index (χ0n) is 18.8. The Balaban J connectivity index is 1.52. The van der Waals surface area contributed by atoms with Gasteiger partial charge in [0, 0.05) is 11.8 Å². The van der Waals surface area contributed by atoms with E-state index in [1.54, 1.807) is 0 Å². The highest BCUT2D eigenvalue weighted by atomic mass is 16.5. The van der Waals surface area contributed by atoms with E-state index < -0.39 is 17.6 Å². The fourth-order valence-corrected chi connectivity index (χ4v) is 7.75. The van der Waals surface area contributed by atoms with Crippen molar-refractivity contribution in [2.24, 2.45) is 28.6 Å². The monoisotopic (exact) mass is 422 g/mol. The first-order valence-corrected chi connectivity index (χ1v) is 11.8. The van der Waals surface area contributed by atoms with Crippen molar-refractivity contribution in [3.05, 3.63) is 53.3 Å². The zero-order valence-corrected chi connectivity index (χ0v) is 18.8. The number of hydrogen-bond acceptors (Lipinski definition) is 4. The molecular weight excluding hydrogens is 388 g/mol. The van der Waals surface area contributed by atoms with Gasteiger partial charge in [0.25, 0.3) is 0 Å². The highest BCUT2D eigenvalue weighted by Gasteiger charge is 2.65. The van der Waals surface area contributed by atoms with Crippen LogP contribution in [0.5, 0.6) is 5.75 Å². The van der Waals surface area contributed by atoms with Gasteiger partial charge < -0.3 is 14.9 Å². The number of carbonyl (C=O) groups is 1. The molecule has 5 rings (SSSR count). The second-order valence-corrected chi connectivity index (χ2v) is 10.6. The first-order chi connectivity index (χ1) is 14.8. The van der Waals surface area contributed by atoms with Crippen LogP contribution in [0.25, 0.3) is 0 Å². The van der Waals surface area contributed by atoms with Crippen LogP contribution >= 0.6 is 0 Å². The Hall–Kier alpha value is -1.91. The van der Waals surface area contributed by atoms with Crippen LogP contribution in [0.15, 0.2) is 53.3 Å². The topological polar surface area (TPSA) is 66.8 Å². The van der Waals surface area contributed by atoms with Crippen LogP contribution in [0.2, 0.25) is 0 Å². The molecule has 0 aromatic heterocycles. The summed E-state index contributed by atoms with van der Waals surface area (Å²) in [6.45, 7) is 6.35. The molecule has 7 atom stereocenters. The van der Waals surface area contributed by atoms with Crippen LogP contribution < -0.4 is 4.74 Å². The third kappa shape index (κ3) is 2.98. The quantitative estimate of drug-likeness (QED) is 0.671. The summed E-state index contributed by atoms with van der Waals surface area (Å²) in [7, 11) is 0. The van der Waals surface area contributed by atoms with Crippen molar-refractivity contribution in [2.75, 3.05) is 0 Å². The number of fused-ring (bicyclic) bond motifs is 5. The minimum absolute atomic E-state index is 0.00312. The van der Waals surface area contributed by atoms with E-state index in [1.807, 2.05) is 43.3 Å². The first-order valence-electron chi connectivity index (χ1n) is 11.8. The fraction of sp³-hybridized carbons (Fsp3) is 0.593. The molecule has 3 fully saturated rings. The molecule has 1 aromatic carbocycles. The molecule has 0 heterocycles. The molecule has 0 amide bonds. The van der Waals surface area contributed by atoms with E-state index in [9.17, 15) is 15.0 Å². The third-order valence-electron chi connectivity index (χ3n) is 9.29. The second kappa shape index (κ2) is 7.31. The molecule has 0 spiro atoms. The van der Waals surface area contributed by atoms with Crippen molar-refractivity contribution in [3.8, 4) is 5.75 Å². The van der Waals surface area contributed by atoms with Crippen molar-refractivity contribution < 1.29 is 19.7 Å². The molecule has 4 aliphatic rings. The maximum absolute atomic E-state index is 12.1. The van der Waals surface area contributed by atoms with Gasteiger partial charge >= 0.3 is 0 Å². The Bertz CT molecular complexity index is 947. The molecule has 166 valence electrons. The zero-order chi connectivity index (χ0) is 22.0. The van der Waals surface area contributed by atoms with E-state index in [0.717, 1.165) is 49.2 Å². The van der Waals surface area contributed by atoms with Gasteiger partial charge in [-0.25, -0.2) is 0 Å². The Labute approximate surface area is 185 Å². The maximum Gasteiger partial charge on any atom is 0.155 e. The van der Waals surface area contributed by atoms with Crippen LogP contribution in [0.3, 0.4) is 0 Å². The molecule has 31 heavy (non-hydrogen) atoms. The summed E-state index contributed by atoms with van der Waals surface area (Å²) in [4.78, 5) is 12.1. The molecule has 3 saturated carbocycles. The van der Waals surface area contributed by atoms with Gasteiger partial charge in [0.1, 0.15) is 11.5 Å². The average molecular weight is 423 g/mol. The SMILES string of the molecule is CC(Oc1ccccc1)=C1CC[C@H]2[C@@H]3CCC4=CC(=O)CC[C@]4(C)[C@H]3[C@@H](O)C(O)[C@]12C. The average Bonchev–Trinajstić information content (AvgIpc) is 3.11. The molecule has 1 aromatic rings. The van der Waals surface area contributed by atoms with Gasteiger partial charge in [0.15, 0.2) is 5.78 Å². The summed E-state index contributed by atoms with van der Waals surface area (Å²) in [5.41, 5.74) is 1.66. The van der Waals surface area contributed by atoms with E-state index in [1.165, 1.54) is 5.57 Å². The molecule has 4 aliphatic carbocycles. The van der Waals surface area contributed by atoms with Crippen molar-refractivity contribution in [1.29, 1.82) is 0 Å². The van der Waals surface area contributed by atoms with E-state index in [0.29, 0.717) is 18.3 Å². The van der Waals surface area contributed by atoms with Gasteiger partial charge in [-0.05, 0) is 86.0 Å². The molecule has 4 nitrogen and oxygen atoms in total. The number of ether oxygens (including phenoxy) is 1.